The van der Waals surface area contributed by atoms with Crippen molar-refractivity contribution < 1.29 is 18.8 Å². The molecule has 0 radical (unpaired) electrons. The first kappa shape index (κ1) is 17.5. The van der Waals surface area contributed by atoms with Crippen molar-refractivity contribution in [2.45, 2.75) is 45.3 Å². The van der Waals surface area contributed by atoms with Gasteiger partial charge in [0.2, 0.25) is 0 Å². The molecule has 1 aliphatic rings. The zero-order valence-electron chi connectivity index (χ0n) is 14.9. The van der Waals surface area contributed by atoms with E-state index in [1.54, 1.807) is 6.20 Å². The second-order valence-corrected chi connectivity index (χ2v) is 7.10. The Morgan fingerprint density at radius 2 is 2.20 bits per heavy atom. The summed E-state index contributed by atoms with van der Waals surface area (Å²) in [4.78, 5) is 11.9. The number of nitrogens with zero attached hydrogens (tertiary/aromatic N) is 1. The van der Waals surface area contributed by atoms with E-state index in [0.717, 1.165) is 29.7 Å². The summed E-state index contributed by atoms with van der Waals surface area (Å²) in [6.45, 7) is 6.53. The van der Waals surface area contributed by atoms with Gasteiger partial charge in [-0.25, -0.2) is 4.79 Å². The van der Waals surface area contributed by atoms with Crippen molar-refractivity contribution in [2.24, 2.45) is 0 Å². The third kappa shape index (κ3) is 4.39. The number of nitrogens with one attached hydrogen (secondary N) is 1. The molecule has 1 aromatic carbocycles. The number of hydrogen-bond donors (Lipinski definition) is 1. The van der Waals surface area contributed by atoms with Crippen LogP contribution in [0.5, 0.6) is 0 Å². The van der Waals surface area contributed by atoms with E-state index >= 15 is 0 Å². The predicted molar refractivity (Wildman–Crippen MR) is 93.2 cm³/mol. The molecule has 0 bridgehead atoms. The number of rotatable bonds is 3. The van der Waals surface area contributed by atoms with E-state index in [0.29, 0.717) is 13.2 Å². The first-order chi connectivity index (χ1) is 11.9. The van der Waals surface area contributed by atoms with Crippen LogP contribution in [-0.2, 0) is 15.9 Å². The largest absolute Gasteiger partial charge is 0.444 e. The Bertz CT molecular complexity index is 720. The van der Waals surface area contributed by atoms with Crippen LogP contribution in [0.2, 0.25) is 0 Å². The maximum atomic E-state index is 11.9. The summed E-state index contributed by atoms with van der Waals surface area (Å²) < 4.78 is 16.6. The van der Waals surface area contributed by atoms with Crippen LogP contribution in [0.15, 0.2) is 35.0 Å². The second-order valence-electron chi connectivity index (χ2n) is 7.10. The Hall–Kier alpha value is -2.34. The van der Waals surface area contributed by atoms with Gasteiger partial charge in [0, 0.05) is 18.2 Å². The van der Waals surface area contributed by atoms with Crippen LogP contribution in [0.1, 0.15) is 44.4 Å². The molecule has 6 heteroatoms. The molecule has 134 valence electrons. The lowest BCUT2D eigenvalue weighted by molar-refractivity contribution is 0.0359. The van der Waals surface area contributed by atoms with Crippen molar-refractivity contribution in [3.63, 3.8) is 0 Å². The highest BCUT2D eigenvalue weighted by Gasteiger charge is 2.24. The smallest absolute Gasteiger partial charge is 0.407 e. The summed E-state index contributed by atoms with van der Waals surface area (Å²) >= 11 is 0. The fraction of sp³-hybridized carbons (Fsp3) is 0.474. The molecule has 1 amide bonds. The number of alkyl carbamates (subject to hydrolysis) is 1. The third-order valence-corrected chi connectivity index (χ3v) is 3.98. The summed E-state index contributed by atoms with van der Waals surface area (Å²) in [7, 11) is 0. The Morgan fingerprint density at radius 3 is 2.92 bits per heavy atom. The number of benzene rings is 1. The average molecular weight is 344 g/mol. The minimum Gasteiger partial charge on any atom is -0.444 e. The summed E-state index contributed by atoms with van der Waals surface area (Å²) in [5.41, 5.74) is 2.77. The van der Waals surface area contributed by atoms with Crippen LogP contribution in [0.25, 0.3) is 11.3 Å². The molecule has 6 nitrogen and oxygen atoms in total. The molecule has 2 heterocycles. The summed E-state index contributed by atoms with van der Waals surface area (Å²) in [5.74, 6) is 0.748. The van der Waals surface area contributed by atoms with Crippen LogP contribution in [0.3, 0.4) is 0 Å². The SMILES string of the molecule is CC(C)(C)OC(=O)NC[C@@H]1OCCCc2c(-c3ccno3)cccc21. The molecule has 0 saturated heterocycles. The van der Waals surface area contributed by atoms with Crippen LogP contribution >= 0.6 is 0 Å². The van der Waals surface area contributed by atoms with Gasteiger partial charge in [-0.2, -0.15) is 0 Å². The van der Waals surface area contributed by atoms with Gasteiger partial charge in [0.25, 0.3) is 0 Å². The Balaban J connectivity index is 1.79. The first-order valence-corrected chi connectivity index (χ1v) is 8.55. The van der Waals surface area contributed by atoms with E-state index < -0.39 is 11.7 Å². The van der Waals surface area contributed by atoms with Gasteiger partial charge in [0.15, 0.2) is 5.76 Å². The monoisotopic (exact) mass is 344 g/mol. The molecule has 1 aliphatic heterocycles. The van der Waals surface area contributed by atoms with Gasteiger partial charge in [0.1, 0.15) is 11.7 Å². The molecule has 0 unspecified atom stereocenters. The number of carbonyl (C=O) groups is 1. The Morgan fingerprint density at radius 1 is 1.36 bits per heavy atom. The molecule has 0 saturated carbocycles. The summed E-state index contributed by atoms with van der Waals surface area (Å²) in [6, 6.07) is 7.91. The van der Waals surface area contributed by atoms with Crippen LogP contribution in [0, 0.1) is 0 Å². The minimum absolute atomic E-state index is 0.215. The van der Waals surface area contributed by atoms with Gasteiger partial charge in [0.05, 0.1) is 12.7 Å². The number of hydrogen-bond acceptors (Lipinski definition) is 5. The maximum Gasteiger partial charge on any atom is 0.407 e. The van der Waals surface area contributed by atoms with E-state index in [4.69, 9.17) is 14.0 Å². The zero-order valence-corrected chi connectivity index (χ0v) is 14.9. The van der Waals surface area contributed by atoms with Gasteiger partial charge in [-0.05, 0) is 44.7 Å². The van der Waals surface area contributed by atoms with Crippen molar-refractivity contribution in [2.75, 3.05) is 13.2 Å². The fourth-order valence-electron chi connectivity index (χ4n) is 2.99. The normalized spacial score (nSPS) is 17.5. The highest BCUT2D eigenvalue weighted by molar-refractivity contribution is 5.68. The van der Waals surface area contributed by atoms with Gasteiger partial charge in [-0.3, -0.25) is 0 Å². The number of fused-ring (bicyclic) bond motifs is 1. The summed E-state index contributed by atoms with van der Waals surface area (Å²) in [6.07, 6.45) is 2.81. The highest BCUT2D eigenvalue weighted by Crippen LogP contribution is 2.33. The highest BCUT2D eigenvalue weighted by atomic mass is 16.6. The molecular weight excluding hydrogens is 320 g/mol. The topological polar surface area (TPSA) is 73.6 Å². The molecule has 1 atom stereocenters. The fourth-order valence-corrected chi connectivity index (χ4v) is 2.99. The molecule has 0 aliphatic carbocycles. The van der Waals surface area contributed by atoms with E-state index in [2.05, 4.69) is 10.5 Å². The molecule has 0 spiro atoms. The molecular formula is C19H24N2O4. The predicted octanol–water partition coefficient (Wildman–Crippen LogP) is 3.87. The molecule has 2 aromatic rings. The summed E-state index contributed by atoms with van der Waals surface area (Å²) in [5, 5.41) is 6.61. The van der Waals surface area contributed by atoms with Crippen LogP contribution in [-0.4, -0.2) is 30.0 Å². The first-order valence-electron chi connectivity index (χ1n) is 8.55. The van der Waals surface area contributed by atoms with Crippen LogP contribution in [0.4, 0.5) is 4.79 Å². The van der Waals surface area contributed by atoms with Gasteiger partial charge < -0.3 is 19.3 Å². The van der Waals surface area contributed by atoms with E-state index in [9.17, 15) is 4.79 Å². The van der Waals surface area contributed by atoms with E-state index in [-0.39, 0.29) is 6.10 Å². The van der Waals surface area contributed by atoms with Gasteiger partial charge >= 0.3 is 6.09 Å². The van der Waals surface area contributed by atoms with Crippen molar-refractivity contribution in [1.29, 1.82) is 0 Å². The van der Waals surface area contributed by atoms with E-state index in [1.165, 1.54) is 5.56 Å². The lowest BCUT2D eigenvalue weighted by Gasteiger charge is -2.22. The molecule has 1 N–H and O–H groups in total. The number of amides is 1. The Kier molecular flexibility index (Phi) is 5.08. The number of aromatic nitrogens is 1. The minimum atomic E-state index is -0.522. The Labute approximate surface area is 147 Å². The molecule has 0 fully saturated rings. The van der Waals surface area contributed by atoms with Crippen molar-refractivity contribution in [3.05, 3.63) is 41.6 Å². The maximum absolute atomic E-state index is 11.9. The van der Waals surface area contributed by atoms with Gasteiger partial charge in [-0.15, -0.1) is 0 Å². The molecule has 1 aromatic heterocycles. The average Bonchev–Trinajstić information content (AvgIpc) is 2.99. The lowest BCUT2D eigenvalue weighted by atomic mass is 9.93. The molecule has 25 heavy (non-hydrogen) atoms. The second kappa shape index (κ2) is 7.27. The van der Waals surface area contributed by atoms with Crippen molar-refractivity contribution in [3.8, 4) is 11.3 Å². The quantitative estimate of drug-likeness (QED) is 0.915. The van der Waals surface area contributed by atoms with Crippen molar-refractivity contribution in [1.82, 2.24) is 10.5 Å². The number of carbonyl (C=O) groups excluding carboxylic acids is 1. The standard InChI is InChI=1S/C19H24N2O4/c1-19(2,3)24-18(22)20-12-17-15-7-4-6-14(16-9-10-21-25-16)13(15)8-5-11-23-17/h4,6-7,9-10,17H,5,8,11-12H2,1-3H3,(H,20,22)/t17-/m0/s1. The zero-order chi connectivity index (χ0) is 17.9. The lowest BCUT2D eigenvalue weighted by Crippen LogP contribution is -2.35. The van der Waals surface area contributed by atoms with Gasteiger partial charge in [-0.1, -0.05) is 23.4 Å². The number of ether oxygens (including phenoxy) is 2. The third-order valence-electron chi connectivity index (χ3n) is 3.98. The molecule has 3 rings (SSSR count). The van der Waals surface area contributed by atoms with Crippen LogP contribution < -0.4 is 5.32 Å². The van der Waals surface area contributed by atoms with Crippen molar-refractivity contribution >= 4 is 6.09 Å². The van der Waals surface area contributed by atoms with E-state index in [1.807, 2.05) is 45.0 Å².